The van der Waals surface area contributed by atoms with Crippen LogP contribution in [-0.4, -0.2) is 23.3 Å². The van der Waals surface area contributed by atoms with Gasteiger partial charge in [-0.25, -0.2) is 0 Å². The molecule has 0 atom stereocenters. The van der Waals surface area contributed by atoms with Crippen molar-refractivity contribution < 1.29 is 9.31 Å². The molecule has 1 fully saturated rings. The van der Waals surface area contributed by atoms with Crippen LogP contribution in [-0.2, 0) is 15.7 Å². The minimum atomic E-state index is -0.355. The zero-order valence-electron chi connectivity index (χ0n) is 12.0. The van der Waals surface area contributed by atoms with Gasteiger partial charge in [0.25, 0.3) is 0 Å². The Kier molecular flexibility index (Phi) is 3.52. The van der Waals surface area contributed by atoms with Crippen molar-refractivity contribution in [2.75, 3.05) is 0 Å². The summed E-state index contributed by atoms with van der Waals surface area (Å²) < 4.78 is 12.0. The Morgan fingerprint density at radius 2 is 1.78 bits per heavy atom. The topological polar surface area (TPSA) is 31.4 Å². The standard InChI is InChI=1S/C14H22BNO2/c1-6-7-11-8-9-16-12(10-11)15-17-13(2,3)14(4,5)18-15/h8-10H,6-7H2,1-5H3. The SMILES string of the molecule is CCCc1ccnc(B2OC(C)(C)C(C)(C)O2)c1. The minimum absolute atomic E-state index is 0.305. The molecule has 0 saturated carbocycles. The summed E-state index contributed by atoms with van der Waals surface area (Å²) in [6.07, 6.45) is 4.03. The van der Waals surface area contributed by atoms with E-state index in [1.807, 2.05) is 6.20 Å². The Labute approximate surface area is 110 Å². The normalized spacial score (nSPS) is 21.3. The molecule has 0 bridgehead atoms. The highest BCUT2D eigenvalue weighted by molar-refractivity contribution is 6.61. The van der Waals surface area contributed by atoms with Gasteiger partial charge in [-0.05, 0) is 51.8 Å². The van der Waals surface area contributed by atoms with Crippen LogP contribution in [0.3, 0.4) is 0 Å². The first kappa shape index (κ1) is 13.6. The number of aryl methyl sites for hydroxylation is 1. The van der Waals surface area contributed by atoms with Crippen molar-refractivity contribution in [1.82, 2.24) is 4.98 Å². The van der Waals surface area contributed by atoms with Crippen molar-refractivity contribution in [3.63, 3.8) is 0 Å². The summed E-state index contributed by atoms with van der Waals surface area (Å²) in [5, 5.41) is 0. The van der Waals surface area contributed by atoms with Crippen LogP contribution >= 0.6 is 0 Å². The first-order chi connectivity index (χ1) is 8.36. The number of nitrogens with zero attached hydrogens (tertiary/aromatic N) is 1. The summed E-state index contributed by atoms with van der Waals surface area (Å²) in [5.41, 5.74) is 1.55. The molecule has 1 aromatic heterocycles. The minimum Gasteiger partial charge on any atom is -0.398 e. The van der Waals surface area contributed by atoms with Gasteiger partial charge in [-0.3, -0.25) is 4.98 Å². The maximum Gasteiger partial charge on any atom is 0.514 e. The maximum absolute atomic E-state index is 6.00. The van der Waals surface area contributed by atoms with Crippen LogP contribution in [0.1, 0.15) is 46.6 Å². The van der Waals surface area contributed by atoms with Gasteiger partial charge in [-0.15, -0.1) is 0 Å². The number of hydrogen-bond acceptors (Lipinski definition) is 3. The van der Waals surface area contributed by atoms with E-state index in [2.05, 4.69) is 51.7 Å². The highest BCUT2D eigenvalue weighted by Gasteiger charge is 2.52. The van der Waals surface area contributed by atoms with E-state index in [-0.39, 0.29) is 18.3 Å². The van der Waals surface area contributed by atoms with Crippen LogP contribution in [0.5, 0.6) is 0 Å². The zero-order chi connectivity index (χ0) is 13.4. The second kappa shape index (κ2) is 4.67. The highest BCUT2D eigenvalue weighted by atomic mass is 16.7. The summed E-state index contributed by atoms with van der Waals surface area (Å²) in [6.45, 7) is 10.4. The van der Waals surface area contributed by atoms with Crippen LogP contribution in [0.15, 0.2) is 18.3 Å². The predicted molar refractivity (Wildman–Crippen MR) is 73.9 cm³/mol. The van der Waals surface area contributed by atoms with E-state index in [4.69, 9.17) is 9.31 Å². The smallest absolute Gasteiger partial charge is 0.398 e. The van der Waals surface area contributed by atoms with Gasteiger partial charge in [-0.2, -0.15) is 0 Å². The van der Waals surface area contributed by atoms with Crippen molar-refractivity contribution in [2.45, 2.75) is 58.7 Å². The fourth-order valence-corrected chi connectivity index (χ4v) is 2.03. The Morgan fingerprint density at radius 1 is 1.17 bits per heavy atom. The molecule has 0 unspecified atom stereocenters. The first-order valence-corrected chi connectivity index (χ1v) is 6.66. The third-order valence-corrected chi connectivity index (χ3v) is 3.88. The van der Waals surface area contributed by atoms with Gasteiger partial charge < -0.3 is 9.31 Å². The van der Waals surface area contributed by atoms with Gasteiger partial charge >= 0.3 is 7.12 Å². The molecule has 1 saturated heterocycles. The lowest BCUT2D eigenvalue weighted by Crippen LogP contribution is -2.41. The fourth-order valence-electron chi connectivity index (χ4n) is 2.03. The molecular weight excluding hydrogens is 225 g/mol. The Morgan fingerprint density at radius 3 is 2.33 bits per heavy atom. The summed E-state index contributed by atoms with van der Waals surface area (Å²) in [7, 11) is -0.355. The third kappa shape index (κ3) is 2.45. The summed E-state index contributed by atoms with van der Waals surface area (Å²) >= 11 is 0. The lowest BCUT2D eigenvalue weighted by molar-refractivity contribution is 0.00578. The predicted octanol–water partition coefficient (Wildman–Crippen LogP) is 2.33. The monoisotopic (exact) mass is 247 g/mol. The average molecular weight is 247 g/mol. The number of hydrogen-bond donors (Lipinski definition) is 0. The molecule has 3 nitrogen and oxygen atoms in total. The molecule has 1 aliphatic rings. The van der Waals surface area contributed by atoms with E-state index in [9.17, 15) is 0 Å². The second-order valence-electron chi connectivity index (χ2n) is 5.93. The van der Waals surface area contributed by atoms with Crippen molar-refractivity contribution >= 4 is 12.7 Å². The Bertz CT molecular complexity index is 416. The molecule has 18 heavy (non-hydrogen) atoms. The Hall–Kier alpha value is -0.865. The summed E-state index contributed by atoms with van der Waals surface area (Å²) in [5.74, 6) is 0. The first-order valence-electron chi connectivity index (χ1n) is 6.66. The highest BCUT2D eigenvalue weighted by Crippen LogP contribution is 2.36. The van der Waals surface area contributed by atoms with Gasteiger partial charge in [0, 0.05) is 6.20 Å². The van der Waals surface area contributed by atoms with Crippen molar-refractivity contribution in [2.24, 2.45) is 0 Å². The molecule has 1 aliphatic heterocycles. The van der Waals surface area contributed by atoms with E-state index in [1.54, 1.807) is 0 Å². The van der Waals surface area contributed by atoms with Crippen LogP contribution in [0.2, 0.25) is 0 Å². The molecular formula is C14H22BNO2. The molecule has 0 aromatic carbocycles. The van der Waals surface area contributed by atoms with Crippen LogP contribution in [0.4, 0.5) is 0 Å². The van der Waals surface area contributed by atoms with Gasteiger partial charge in [0.1, 0.15) is 0 Å². The van der Waals surface area contributed by atoms with Gasteiger partial charge in [0.05, 0.1) is 16.8 Å². The average Bonchev–Trinajstić information content (AvgIpc) is 2.49. The number of pyridine rings is 1. The van der Waals surface area contributed by atoms with Crippen LogP contribution < -0.4 is 5.59 Å². The number of aromatic nitrogens is 1. The van der Waals surface area contributed by atoms with Crippen molar-refractivity contribution in [1.29, 1.82) is 0 Å². The van der Waals surface area contributed by atoms with Crippen molar-refractivity contribution in [3.8, 4) is 0 Å². The molecule has 4 heteroatoms. The quantitative estimate of drug-likeness (QED) is 0.768. The molecule has 2 rings (SSSR count). The summed E-state index contributed by atoms with van der Waals surface area (Å²) in [6, 6.07) is 4.14. The second-order valence-corrected chi connectivity index (χ2v) is 5.93. The molecule has 0 radical (unpaired) electrons. The molecule has 98 valence electrons. The van der Waals surface area contributed by atoms with Gasteiger partial charge in [-0.1, -0.05) is 13.3 Å². The molecule has 0 amide bonds. The number of rotatable bonds is 3. The van der Waals surface area contributed by atoms with Gasteiger partial charge in [0.2, 0.25) is 0 Å². The summed E-state index contributed by atoms with van der Waals surface area (Å²) in [4.78, 5) is 4.38. The maximum atomic E-state index is 6.00. The lowest BCUT2D eigenvalue weighted by atomic mass is 9.83. The van der Waals surface area contributed by atoms with Crippen LogP contribution in [0, 0.1) is 0 Å². The molecule has 2 heterocycles. The van der Waals surface area contributed by atoms with E-state index < -0.39 is 0 Å². The van der Waals surface area contributed by atoms with Crippen molar-refractivity contribution in [3.05, 3.63) is 23.9 Å². The lowest BCUT2D eigenvalue weighted by Gasteiger charge is -2.32. The molecule has 1 aromatic rings. The largest absolute Gasteiger partial charge is 0.514 e. The van der Waals surface area contributed by atoms with E-state index in [1.165, 1.54) is 5.56 Å². The van der Waals surface area contributed by atoms with E-state index in [0.29, 0.717) is 0 Å². The van der Waals surface area contributed by atoms with E-state index in [0.717, 1.165) is 18.4 Å². The van der Waals surface area contributed by atoms with Crippen LogP contribution in [0.25, 0.3) is 0 Å². The molecule has 0 spiro atoms. The Balaban J connectivity index is 2.21. The molecule has 0 N–H and O–H groups in total. The fraction of sp³-hybridized carbons (Fsp3) is 0.643. The zero-order valence-corrected chi connectivity index (χ0v) is 12.0. The van der Waals surface area contributed by atoms with Gasteiger partial charge in [0.15, 0.2) is 0 Å². The van der Waals surface area contributed by atoms with E-state index >= 15 is 0 Å². The molecule has 0 aliphatic carbocycles. The third-order valence-electron chi connectivity index (χ3n) is 3.88.